The van der Waals surface area contributed by atoms with E-state index in [4.69, 9.17) is 5.73 Å². The molecule has 0 aliphatic carbocycles. The Kier molecular flexibility index (Phi) is 5.60. The van der Waals surface area contributed by atoms with Crippen LogP contribution in [0.4, 0.5) is 0 Å². The van der Waals surface area contributed by atoms with Crippen LogP contribution in [-0.2, 0) is 0 Å². The number of nitrogens with two attached hydrogens (primary N) is 1. The first-order valence-corrected chi connectivity index (χ1v) is 6.36. The summed E-state index contributed by atoms with van der Waals surface area (Å²) in [6, 6.07) is 0.415. The number of guanidine groups is 1. The van der Waals surface area contributed by atoms with Gasteiger partial charge in [-0.05, 0) is 45.7 Å². The summed E-state index contributed by atoms with van der Waals surface area (Å²) in [7, 11) is 2.18. The van der Waals surface area contributed by atoms with Gasteiger partial charge in [-0.25, -0.2) is 0 Å². The van der Waals surface area contributed by atoms with Gasteiger partial charge in [0.2, 0.25) is 0 Å². The van der Waals surface area contributed by atoms with E-state index in [0.29, 0.717) is 17.9 Å². The van der Waals surface area contributed by atoms with Crippen LogP contribution in [0.1, 0.15) is 33.1 Å². The zero-order valence-electron chi connectivity index (χ0n) is 10.9. The maximum atomic E-state index is 5.83. The van der Waals surface area contributed by atoms with Crippen LogP contribution >= 0.6 is 0 Å². The Morgan fingerprint density at radius 1 is 1.62 bits per heavy atom. The summed E-state index contributed by atoms with van der Waals surface area (Å²) in [4.78, 5) is 6.80. The van der Waals surface area contributed by atoms with E-state index in [1.165, 1.54) is 19.4 Å². The van der Waals surface area contributed by atoms with Crippen molar-refractivity contribution >= 4 is 5.96 Å². The number of likely N-dealkylation sites (tertiary alicyclic amines) is 1. The fourth-order valence-corrected chi connectivity index (χ4v) is 2.05. The van der Waals surface area contributed by atoms with Crippen LogP contribution in [0.15, 0.2) is 4.99 Å². The van der Waals surface area contributed by atoms with Gasteiger partial charge in [0.25, 0.3) is 0 Å². The molecule has 1 fully saturated rings. The van der Waals surface area contributed by atoms with Crippen molar-refractivity contribution in [1.29, 1.82) is 0 Å². The second-order valence-electron chi connectivity index (χ2n) is 4.95. The number of rotatable bonds is 4. The molecule has 1 aliphatic heterocycles. The minimum absolute atomic E-state index is 0.415. The lowest BCUT2D eigenvalue weighted by Gasteiger charge is -2.28. The lowest BCUT2D eigenvalue weighted by atomic mass is 9.99. The number of nitrogens with zero attached hydrogens (tertiary/aromatic N) is 2. The van der Waals surface area contributed by atoms with Gasteiger partial charge in [0, 0.05) is 19.1 Å². The number of nitrogens with one attached hydrogen (secondary N) is 1. The number of hydrogen-bond donors (Lipinski definition) is 2. The van der Waals surface area contributed by atoms with Crippen molar-refractivity contribution in [2.75, 3.05) is 26.7 Å². The first-order valence-electron chi connectivity index (χ1n) is 6.36. The Morgan fingerprint density at radius 2 is 2.38 bits per heavy atom. The second kappa shape index (κ2) is 6.74. The molecule has 1 rings (SSSR count). The minimum Gasteiger partial charge on any atom is -0.370 e. The van der Waals surface area contributed by atoms with Crippen molar-refractivity contribution < 1.29 is 0 Å². The highest BCUT2D eigenvalue weighted by Crippen LogP contribution is 2.14. The highest BCUT2D eigenvalue weighted by Gasteiger charge is 2.16. The Bertz CT molecular complexity index is 227. The number of aliphatic imine (C=N–C) groups is 1. The molecule has 0 aromatic rings. The third-order valence-electron chi connectivity index (χ3n) is 3.25. The fourth-order valence-electron chi connectivity index (χ4n) is 2.05. The zero-order chi connectivity index (χ0) is 12.0. The van der Waals surface area contributed by atoms with Crippen LogP contribution in [0.25, 0.3) is 0 Å². The molecule has 3 N–H and O–H groups in total. The summed E-state index contributed by atoms with van der Waals surface area (Å²) in [6.07, 6.45) is 3.64. The Balaban J connectivity index is 2.28. The van der Waals surface area contributed by atoms with Gasteiger partial charge in [-0.15, -0.1) is 0 Å². The van der Waals surface area contributed by atoms with E-state index < -0.39 is 0 Å². The first-order chi connectivity index (χ1) is 7.61. The van der Waals surface area contributed by atoms with E-state index in [-0.39, 0.29) is 0 Å². The van der Waals surface area contributed by atoms with Crippen LogP contribution < -0.4 is 11.1 Å². The summed E-state index contributed by atoms with van der Waals surface area (Å²) < 4.78 is 0. The summed E-state index contributed by atoms with van der Waals surface area (Å²) >= 11 is 0. The van der Waals surface area contributed by atoms with Crippen molar-refractivity contribution in [2.45, 2.75) is 39.2 Å². The van der Waals surface area contributed by atoms with Crippen LogP contribution in [0, 0.1) is 5.92 Å². The maximum absolute atomic E-state index is 5.83. The number of hydrogen-bond acceptors (Lipinski definition) is 2. The van der Waals surface area contributed by atoms with Gasteiger partial charge < -0.3 is 16.0 Å². The molecule has 0 amide bonds. The molecule has 1 heterocycles. The van der Waals surface area contributed by atoms with E-state index in [1.807, 2.05) is 0 Å². The lowest BCUT2D eigenvalue weighted by molar-refractivity contribution is 0.214. The predicted molar refractivity (Wildman–Crippen MR) is 69.6 cm³/mol. The van der Waals surface area contributed by atoms with Crippen molar-refractivity contribution in [2.24, 2.45) is 16.6 Å². The van der Waals surface area contributed by atoms with Crippen LogP contribution in [0.2, 0.25) is 0 Å². The largest absolute Gasteiger partial charge is 0.370 e. The summed E-state index contributed by atoms with van der Waals surface area (Å²) in [5.41, 5.74) is 5.83. The van der Waals surface area contributed by atoms with Crippen LogP contribution in [-0.4, -0.2) is 43.6 Å². The molecule has 0 aromatic carbocycles. The van der Waals surface area contributed by atoms with Gasteiger partial charge in [0.05, 0.1) is 0 Å². The second-order valence-corrected chi connectivity index (χ2v) is 4.95. The van der Waals surface area contributed by atoms with Gasteiger partial charge >= 0.3 is 0 Å². The van der Waals surface area contributed by atoms with E-state index in [2.05, 4.69) is 36.1 Å². The molecule has 4 nitrogen and oxygen atoms in total. The minimum atomic E-state index is 0.415. The molecule has 2 unspecified atom stereocenters. The molecule has 0 aromatic heterocycles. The van der Waals surface area contributed by atoms with Crippen LogP contribution in [0.5, 0.6) is 0 Å². The smallest absolute Gasteiger partial charge is 0.188 e. The van der Waals surface area contributed by atoms with E-state index in [1.54, 1.807) is 0 Å². The monoisotopic (exact) mass is 226 g/mol. The maximum Gasteiger partial charge on any atom is 0.188 e. The standard InChI is InChI=1S/C12H26N4/c1-4-10(2)15-12(13)14-8-11-6-5-7-16(3)9-11/h10-11H,4-9H2,1-3H3,(H3,13,14,15). The lowest BCUT2D eigenvalue weighted by Crippen LogP contribution is -2.39. The van der Waals surface area contributed by atoms with Crippen LogP contribution in [0.3, 0.4) is 0 Å². The van der Waals surface area contributed by atoms with Gasteiger partial charge in [-0.1, -0.05) is 6.92 Å². The SMILES string of the molecule is CCC(C)NC(N)=NCC1CCCN(C)C1. The molecule has 0 radical (unpaired) electrons. The van der Waals surface area contributed by atoms with E-state index in [9.17, 15) is 0 Å². The first kappa shape index (κ1) is 13.3. The zero-order valence-corrected chi connectivity index (χ0v) is 10.9. The molecule has 0 saturated carbocycles. The van der Waals surface area contributed by atoms with Crippen molar-refractivity contribution in [3.8, 4) is 0 Å². The average molecular weight is 226 g/mol. The van der Waals surface area contributed by atoms with Crippen molar-refractivity contribution in [1.82, 2.24) is 10.2 Å². The quantitative estimate of drug-likeness (QED) is 0.556. The Labute approximate surface area is 99.3 Å². The molecule has 16 heavy (non-hydrogen) atoms. The molecule has 2 atom stereocenters. The van der Waals surface area contributed by atoms with Crippen molar-refractivity contribution in [3.05, 3.63) is 0 Å². The molecule has 0 spiro atoms. The third kappa shape index (κ3) is 4.84. The van der Waals surface area contributed by atoms with Gasteiger partial charge in [-0.2, -0.15) is 0 Å². The Hall–Kier alpha value is -0.770. The van der Waals surface area contributed by atoms with E-state index in [0.717, 1.165) is 19.5 Å². The molecule has 0 bridgehead atoms. The number of piperidine rings is 1. The fraction of sp³-hybridized carbons (Fsp3) is 0.917. The molecule has 1 aliphatic rings. The Morgan fingerprint density at radius 3 is 3.00 bits per heavy atom. The van der Waals surface area contributed by atoms with Gasteiger partial charge in [0.15, 0.2) is 5.96 Å². The highest BCUT2D eigenvalue weighted by molar-refractivity contribution is 5.78. The highest BCUT2D eigenvalue weighted by atomic mass is 15.1. The predicted octanol–water partition coefficient (Wildman–Crippen LogP) is 1.03. The third-order valence-corrected chi connectivity index (χ3v) is 3.25. The molecular formula is C12H26N4. The molecular weight excluding hydrogens is 200 g/mol. The average Bonchev–Trinajstić information content (AvgIpc) is 2.26. The van der Waals surface area contributed by atoms with E-state index >= 15 is 0 Å². The van der Waals surface area contributed by atoms with Gasteiger partial charge in [-0.3, -0.25) is 4.99 Å². The van der Waals surface area contributed by atoms with Crippen molar-refractivity contribution in [3.63, 3.8) is 0 Å². The molecule has 4 heteroatoms. The normalized spacial score (nSPS) is 25.4. The molecule has 94 valence electrons. The summed E-state index contributed by atoms with van der Waals surface area (Å²) in [5, 5.41) is 3.19. The topological polar surface area (TPSA) is 53.6 Å². The summed E-state index contributed by atoms with van der Waals surface area (Å²) in [6.45, 7) is 7.50. The summed E-state index contributed by atoms with van der Waals surface area (Å²) in [5.74, 6) is 1.28. The van der Waals surface area contributed by atoms with Gasteiger partial charge in [0.1, 0.15) is 0 Å². The molecule has 1 saturated heterocycles.